The third-order valence-electron chi connectivity index (χ3n) is 4.83. The van der Waals surface area contributed by atoms with E-state index in [9.17, 15) is 45.1 Å². The number of nitrogens with zero attached hydrogens (tertiary/aromatic N) is 2. The highest BCUT2D eigenvalue weighted by Gasteiger charge is 2.48. The third kappa shape index (κ3) is 5.15. The van der Waals surface area contributed by atoms with Crippen LogP contribution in [0.2, 0.25) is 0 Å². The Labute approximate surface area is 182 Å². The normalized spacial score (nSPS) is 15.5. The van der Waals surface area contributed by atoms with E-state index in [1.54, 1.807) is 0 Å². The predicted molar refractivity (Wildman–Crippen MR) is 98.7 cm³/mol. The average molecular weight is 476 g/mol. The van der Waals surface area contributed by atoms with Crippen molar-refractivity contribution < 1.29 is 45.1 Å². The minimum absolute atomic E-state index is 0.0934. The lowest BCUT2D eigenvalue weighted by atomic mass is 10.0. The highest BCUT2D eigenvalue weighted by molar-refractivity contribution is 6.14. The lowest BCUT2D eigenvalue weighted by Crippen LogP contribution is -2.59. The van der Waals surface area contributed by atoms with E-state index in [0.717, 1.165) is 12.1 Å². The fourth-order valence-corrected chi connectivity index (χ4v) is 3.28. The van der Waals surface area contributed by atoms with E-state index in [0.29, 0.717) is 12.1 Å². The molecule has 2 aromatic rings. The molecule has 12 heteroatoms. The zero-order chi connectivity index (χ0) is 24.7. The van der Waals surface area contributed by atoms with Crippen molar-refractivity contribution >= 4 is 17.8 Å². The summed E-state index contributed by atoms with van der Waals surface area (Å²) in [7, 11) is 0. The van der Waals surface area contributed by atoms with Crippen molar-refractivity contribution in [3.63, 3.8) is 0 Å². The van der Waals surface area contributed by atoms with Crippen molar-refractivity contribution in [1.82, 2.24) is 9.80 Å². The first kappa shape index (κ1) is 24.2. The van der Waals surface area contributed by atoms with Gasteiger partial charge in [-0.25, -0.2) is 18.0 Å². The molecule has 0 atom stereocenters. The number of aryl methyl sites for hydroxylation is 1. The van der Waals surface area contributed by atoms with Gasteiger partial charge in [-0.15, -0.1) is 0 Å². The maximum absolute atomic E-state index is 14.7. The summed E-state index contributed by atoms with van der Waals surface area (Å²) < 4.78 is 98.8. The molecule has 3 rings (SSSR count). The summed E-state index contributed by atoms with van der Waals surface area (Å²) in [6.45, 7) is -2.06. The van der Waals surface area contributed by atoms with Crippen molar-refractivity contribution in [3.8, 4) is 0 Å². The number of alkyl halides is 4. The number of amides is 4. The second kappa shape index (κ2) is 8.49. The molecule has 0 unspecified atom stereocenters. The molecule has 0 aromatic heterocycles. The molecule has 2 aromatic carbocycles. The van der Waals surface area contributed by atoms with Gasteiger partial charge < -0.3 is 0 Å². The zero-order valence-electron chi connectivity index (χ0n) is 16.9. The number of carbonyl (C=O) groups excluding carboxylic acids is 3. The van der Waals surface area contributed by atoms with Gasteiger partial charge >= 0.3 is 6.03 Å². The molecule has 176 valence electrons. The second-order valence-corrected chi connectivity index (χ2v) is 7.50. The Balaban J connectivity index is 1.87. The fourth-order valence-electron chi connectivity index (χ4n) is 3.28. The molecule has 33 heavy (non-hydrogen) atoms. The zero-order valence-corrected chi connectivity index (χ0v) is 16.9. The van der Waals surface area contributed by atoms with E-state index in [4.69, 9.17) is 0 Å². The lowest BCUT2D eigenvalue weighted by molar-refractivity contribution is -0.149. The topological polar surface area (TPSA) is 57.7 Å². The first-order chi connectivity index (χ1) is 15.2. The lowest BCUT2D eigenvalue weighted by Gasteiger charge is -2.36. The number of hydrogen-bond acceptors (Lipinski definition) is 3. The molecule has 0 N–H and O–H groups in total. The minimum Gasteiger partial charge on any atom is -0.274 e. The van der Waals surface area contributed by atoms with Gasteiger partial charge in [0.25, 0.3) is 11.8 Å². The first-order valence-corrected chi connectivity index (χ1v) is 9.34. The molecule has 0 aliphatic carbocycles. The van der Waals surface area contributed by atoms with E-state index in [1.807, 2.05) is 0 Å². The Kier molecular flexibility index (Phi) is 6.22. The van der Waals surface area contributed by atoms with E-state index in [1.165, 1.54) is 6.92 Å². The molecule has 1 heterocycles. The van der Waals surface area contributed by atoms with Crippen molar-refractivity contribution in [1.29, 1.82) is 0 Å². The highest BCUT2D eigenvalue weighted by Crippen LogP contribution is 2.34. The number of benzene rings is 2. The van der Waals surface area contributed by atoms with Gasteiger partial charge in [-0.2, -0.15) is 17.6 Å². The van der Waals surface area contributed by atoms with Crippen molar-refractivity contribution in [2.45, 2.75) is 25.2 Å². The number of hydrogen-bond donors (Lipinski definition) is 0. The van der Waals surface area contributed by atoms with Crippen LogP contribution >= 0.6 is 0 Å². The summed E-state index contributed by atoms with van der Waals surface area (Å²) in [5, 5.41) is 0. The number of barbiturate groups is 1. The molecule has 5 nitrogen and oxygen atoms in total. The maximum Gasteiger partial charge on any atom is 0.333 e. The standard InChI is InChI=1S/C21H15F7N2O3/c1-11-2-12(4-14(22)3-11)20(25,26)9-29-17(31)8-18(32)30(19(29)33)10-21(27,28)13-5-15(23)7-16(24)6-13/h2-7H,8-10H2,1H3. The van der Waals surface area contributed by atoms with Gasteiger partial charge in [-0.3, -0.25) is 19.4 Å². The van der Waals surface area contributed by atoms with Gasteiger partial charge in [0.2, 0.25) is 11.8 Å². The Morgan fingerprint density at radius 2 is 1.09 bits per heavy atom. The molecule has 0 saturated carbocycles. The molecule has 0 bridgehead atoms. The summed E-state index contributed by atoms with van der Waals surface area (Å²) in [6.07, 6.45) is -1.17. The van der Waals surface area contributed by atoms with E-state index in [-0.39, 0.29) is 27.5 Å². The summed E-state index contributed by atoms with van der Waals surface area (Å²) in [6, 6.07) is 1.50. The molecule has 1 aliphatic heterocycles. The van der Waals surface area contributed by atoms with Crippen LogP contribution in [-0.4, -0.2) is 40.7 Å². The van der Waals surface area contributed by atoms with Crippen LogP contribution in [0.1, 0.15) is 23.1 Å². The van der Waals surface area contributed by atoms with Crippen LogP contribution in [0.4, 0.5) is 35.5 Å². The molecule has 0 spiro atoms. The summed E-state index contributed by atoms with van der Waals surface area (Å²) in [5.41, 5.74) is -1.95. The summed E-state index contributed by atoms with van der Waals surface area (Å²) in [5.74, 6) is -14.6. The highest BCUT2D eigenvalue weighted by atomic mass is 19.3. The second-order valence-electron chi connectivity index (χ2n) is 7.50. The van der Waals surface area contributed by atoms with E-state index in [2.05, 4.69) is 0 Å². The van der Waals surface area contributed by atoms with Crippen LogP contribution in [0.5, 0.6) is 0 Å². The smallest absolute Gasteiger partial charge is 0.274 e. The average Bonchev–Trinajstić information content (AvgIpc) is 2.67. The summed E-state index contributed by atoms with van der Waals surface area (Å²) in [4.78, 5) is 36.5. The van der Waals surface area contributed by atoms with Gasteiger partial charge in [0.15, 0.2) is 0 Å². The van der Waals surface area contributed by atoms with Gasteiger partial charge in [0.1, 0.15) is 23.9 Å². The number of halogens is 7. The van der Waals surface area contributed by atoms with Gasteiger partial charge in [0.05, 0.1) is 13.1 Å². The van der Waals surface area contributed by atoms with Crippen LogP contribution in [0.25, 0.3) is 0 Å². The Morgan fingerprint density at radius 3 is 1.52 bits per heavy atom. The van der Waals surface area contributed by atoms with Gasteiger partial charge in [0, 0.05) is 17.2 Å². The molecule has 1 saturated heterocycles. The van der Waals surface area contributed by atoms with Crippen LogP contribution in [0, 0.1) is 24.4 Å². The van der Waals surface area contributed by atoms with Crippen molar-refractivity contribution in [2.24, 2.45) is 0 Å². The Hall–Kier alpha value is -3.44. The van der Waals surface area contributed by atoms with Crippen molar-refractivity contribution in [3.05, 3.63) is 70.5 Å². The fraction of sp³-hybridized carbons (Fsp3) is 0.286. The Bertz CT molecular complexity index is 1010. The largest absolute Gasteiger partial charge is 0.333 e. The SMILES string of the molecule is Cc1cc(F)cc(C(F)(F)CN2C(=O)CC(=O)N(CC(F)(F)c3cc(F)cc(F)c3)C2=O)c1. The van der Waals surface area contributed by atoms with Gasteiger partial charge in [-0.05, 0) is 42.8 Å². The number of carbonyl (C=O) groups is 3. The quantitative estimate of drug-likeness (QED) is 0.457. The molecule has 1 fully saturated rings. The van der Waals surface area contributed by atoms with Crippen LogP contribution in [-0.2, 0) is 21.4 Å². The predicted octanol–water partition coefficient (Wildman–Crippen LogP) is 4.48. The molecular formula is C21H15F7N2O3. The summed E-state index contributed by atoms with van der Waals surface area (Å²) >= 11 is 0. The van der Waals surface area contributed by atoms with Crippen molar-refractivity contribution in [2.75, 3.05) is 13.1 Å². The molecular weight excluding hydrogens is 461 g/mol. The number of urea groups is 1. The monoisotopic (exact) mass is 476 g/mol. The van der Waals surface area contributed by atoms with Crippen LogP contribution in [0.15, 0.2) is 36.4 Å². The minimum atomic E-state index is -4.16. The Morgan fingerprint density at radius 1 is 0.697 bits per heavy atom. The van der Waals surface area contributed by atoms with E-state index < -0.39 is 77.8 Å². The molecule has 0 radical (unpaired) electrons. The first-order valence-electron chi connectivity index (χ1n) is 9.34. The molecule has 4 amide bonds. The van der Waals surface area contributed by atoms with E-state index >= 15 is 0 Å². The molecule has 1 aliphatic rings. The van der Waals surface area contributed by atoms with Gasteiger partial charge in [-0.1, -0.05) is 0 Å². The number of imide groups is 2. The number of rotatable bonds is 6. The maximum atomic E-state index is 14.7. The third-order valence-corrected chi connectivity index (χ3v) is 4.83. The van der Waals surface area contributed by atoms with Crippen LogP contribution < -0.4 is 0 Å². The van der Waals surface area contributed by atoms with Crippen LogP contribution in [0.3, 0.4) is 0 Å².